The summed E-state index contributed by atoms with van der Waals surface area (Å²) in [6.45, 7) is 2.67. The molecule has 0 saturated heterocycles. The van der Waals surface area contributed by atoms with Crippen LogP contribution < -0.4 is 5.32 Å². The molecule has 0 fully saturated rings. The van der Waals surface area contributed by atoms with Gasteiger partial charge in [0.2, 0.25) is 5.91 Å². The minimum atomic E-state index is -4.76. The Morgan fingerprint density at radius 3 is 1.00 bits per heavy atom. The normalized spacial score (nSPS) is 13.4. The van der Waals surface area contributed by atoms with Crippen molar-refractivity contribution in [3.63, 3.8) is 0 Å². The van der Waals surface area contributed by atoms with Crippen LogP contribution >= 0.6 is 7.82 Å². The summed E-state index contributed by atoms with van der Waals surface area (Å²) in [6, 6.07) is -1.54. The summed E-state index contributed by atoms with van der Waals surface area (Å²) >= 11 is 0. The molecule has 0 aliphatic carbocycles. The van der Waals surface area contributed by atoms with Gasteiger partial charge in [-0.15, -0.1) is 0 Å². The minimum absolute atomic E-state index is 0.154. The molecular weight excluding hydrogens is 854 g/mol. The predicted octanol–water partition coefficient (Wildman–Crippen LogP) is 15.8. The van der Waals surface area contributed by atoms with Gasteiger partial charge < -0.3 is 25.2 Å². The monoisotopic (exact) mass is 960 g/mol. The Kier molecular flexibility index (Phi) is 48.7. The third kappa shape index (κ3) is 48.9. The summed E-state index contributed by atoms with van der Waals surface area (Å²) in [5.41, 5.74) is 0. The standard InChI is InChI=1S/C54H106NO10P/c1-3-5-7-9-11-13-15-17-19-21-23-24-25-26-27-28-29-31-33-35-37-39-41-43-45-52(57)55-51(54(59)60)49-65-66(61,62)64-48-50(56)47-63-53(58)46-44-42-40-38-36-34-32-30-22-20-18-16-14-12-10-8-6-4-2/h50-51,56H,3-49H2,1-2H3,(H,55,57)(H,59,60)(H,61,62). The Labute approximate surface area is 405 Å². The topological polar surface area (TPSA) is 169 Å². The van der Waals surface area contributed by atoms with Crippen molar-refractivity contribution in [3.05, 3.63) is 0 Å². The molecule has 0 aromatic rings. The highest BCUT2D eigenvalue weighted by Gasteiger charge is 2.28. The summed E-state index contributed by atoms with van der Waals surface area (Å²) < 4.78 is 27.0. The van der Waals surface area contributed by atoms with Crippen LogP contribution in [0, 0.1) is 0 Å². The number of carbonyl (C=O) groups is 3. The van der Waals surface area contributed by atoms with E-state index >= 15 is 0 Å². The van der Waals surface area contributed by atoms with Crippen molar-refractivity contribution in [2.24, 2.45) is 0 Å². The molecule has 12 heteroatoms. The van der Waals surface area contributed by atoms with Crippen LogP contribution in [0.25, 0.3) is 0 Å². The Bertz CT molecular complexity index is 1130. The number of aliphatic hydroxyl groups excluding tert-OH is 1. The van der Waals surface area contributed by atoms with E-state index < -0.39 is 57.6 Å². The van der Waals surface area contributed by atoms with E-state index in [4.69, 9.17) is 13.8 Å². The number of aliphatic carboxylic acids is 1. The van der Waals surface area contributed by atoms with Crippen LogP contribution in [-0.2, 0) is 32.7 Å². The fourth-order valence-electron chi connectivity index (χ4n) is 8.56. The van der Waals surface area contributed by atoms with Crippen molar-refractivity contribution in [1.82, 2.24) is 5.32 Å². The highest BCUT2D eigenvalue weighted by atomic mass is 31.2. The number of hydrogen-bond acceptors (Lipinski definition) is 8. The Morgan fingerprint density at radius 2 is 0.697 bits per heavy atom. The van der Waals surface area contributed by atoms with Crippen molar-refractivity contribution in [1.29, 1.82) is 0 Å². The van der Waals surface area contributed by atoms with Crippen molar-refractivity contribution in [2.75, 3.05) is 19.8 Å². The second-order valence-corrected chi connectivity index (χ2v) is 21.0. The maximum absolute atomic E-state index is 12.4. The fourth-order valence-corrected chi connectivity index (χ4v) is 9.33. The van der Waals surface area contributed by atoms with Crippen LogP contribution in [-0.4, -0.2) is 64.9 Å². The van der Waals surface area contributed by atoms with Crippen LogP contribution in [0.4, 0.5) is 0 Å². The van der Waals surface area contributed by atoms with Gasteiger partial charge in [0.25, 0.3) is 0 Å². The molecule has 4 N–H and O–H groups in total. The number of carboxylic acids is 1. The first-order valence-corrected chi connectivity index (χ1v) is 29.6. The third-order valence-corrected chi connectivity index (χ3v) is 13.8. The molecular formula is C54H106NO10P. The van der Waals surface area contributed by atoms with E-state index in [1.807, 2.05) is 0 Å². The molecule has 3 atom stereocenters. The first kappa shape index (κ1) is 64.5. The van der Waals surface area contributed by atoms with E-state index in [9.17, 15) is 34.1 Å². The fraction of sp³-hybridized carbons (Fsp3) is 0.944. The van der Waals surface area contributed by atoms with Gasteiger partial charge in [-0.3, -0.25) is 18.6 Å². The Hall–Kier alpha value is -1.52. The summed E-state index contributed by atoms with van der Waals surface area (Å²) in [5.74, 6) is -2.34. The molecule has 0 aromatic carbocycles. The summed E-state index contributed by atoms with van der Waals surface area (Å²) in [4.78, 5) is 46.2. The molecule has 1 amide bonds. The van der Waals surface area contributed by atoms with Crippen molar-refractivity contribution in [2.45, 2.75) is 309 Å². The molecule has 0 saturated carbocycles. The van der Waals surface area contributed by atoms with Crippen molar-refractivity contribution >= 4 is 25.7 Å². The maximum atomic E-state index is 12.4. The Balaban J connectivity index is 3.73. The van der Waals surface area contributed by atoms with Crippen LogP contribution in [0.15, 0.2) is 0 Å². The molecule has 66 heavy (non-hydrogen) atoms. The van der Waals surface area contributed by atoms with Gasteiger partial charge in [0, 0.05) is 12.8 Å². The molecule has 0 radical (unpaired) electrons. The number of nitrogens with one attached hydrogen (secondary N) is 1. The number of carbonyl (C=O) groups excluding carboxylic acids is 2. The molecule has 3 unspecified atom stereocenters. The van der Waals surface area contributed by atoms with Gasteiger partial charge in [0.15, 0.2) is 6.04 Å². The van der Waals surface area contributed by atoms with Gasteiger partial charge >= 0.3 is 19.8 Å². The number of ether oxygens (including phenoxy) is 1. The van der Waals surface area contributed by atoms with E-state index in [-0.39, 0.29) is 12.8 Å². The number of aliphatic hydroxyl groups is 1. The van der Waals surface area contributed by atoms with Crippen LogP contribution in [0.2, 0.25) is 0 Å². The van der Waals surface area contributed by atoms with Gasteiger partial charge in [-0.1, -0.05) is 271 Å². The number of amides is 1. The molecule has 0 aromatic heterocycles. The second kappa shape index (κ2) is 49.9. The summed E-state index contributed by atoms with van der Waals surface area (Å²) in [5, 5.41) is 22.0. The first-order valence-electron chi connectivity index (χ1n) is 28.1. The number of rotatable bonds is 54. The lowest BCUT2D eigenvalue weighted by molar-refractivity contribution is -0.147. The van der Waals surface area contributed by atoms with Crippen LogP contribution in [0.5, 0.6) is 0 Å². The summed E-state index contributed by atoms with van der Waals surface area (Å²) in [7, 11) is -4.76. The van der Waals surface area contributed by atoms with E-state index in [0.717, 1.165) is 38.5 Å². The molecule has 0 rings (SSSR count). The lowest BCUT2D eigenvalue weighted by atomic mass is 10.0. The zero-order valence-corrected chi connectivity index (χ0v) is 43.9. The van der Waals surface area contributed by atoms with Gasteiger partial charge in [-0.2, -0.15) is 0 Å². The maximum Gasteiger partial charge on any atom is 0.472 e. The molecule has 392 valence electrons. The quantitative estimate of drug-likeness (QED) is 0.0261. The lowest BCUT2D eigenvalue weighted by Crippen LogP contribution is -2.43. The van der Waals surface area contributed by atoms with Gasteiger partial charge in [-0.25, -0.2) is 9.36 Å². The number of phosphoric ester groups is 1. The number of esters is 1. The zero-order chi connectivity index (χ0) is 48.4. The minimum Gasteiger partial charge on any atom is -0.480 e. The number of carboxylic acid groups (broad SMARTS) is 1. The van der Waals surface area contributed by atoms with E-state index in [2.05, 4.69) is 19.2 Å². The largest absolute Gasteiger partial charge is 0.480 e. The second-order valence-electron chi connectivity index (χ2n) is 19.5. The number of hydrogen-bond donors (Lipinski definition) is 4. The van der Waals surface area contributed by atoms with E-state index in [1.165, 1.54) is 218 Å². The SMILES string of the molecule is CCCCCCCCCCCCCCCCCCCCCCCCCCC(=O)NC(COP(=O)(O)OCC(O)COC(=O)CCCCCCCCCCCCCCCCCCCC)C(=O)O. The summed E-state index contributed by atoms with van der Waals surface area (Å²) in [6.07, 6.45) is 52.8. The molecule has 0 aliphatic rings. The zero-order valence-electron chi connectivity index (χ0n) is 43.0. The molecule has 0 bridgehead atoms. The number of phosphoric acid groups is 1. The van der Waals surface area contributed by atoms with Crippen molar-refractivity contribution in [3.8, 4) is 0 Å². The van der Waals surface area contributed by atoms with Crippen LogP contribution in [0.1, 0.15) is 296 Å². The highest BCUT2D eigenvalue weighted by molar-refractivity contribution is 7.47. The smallest absolute Gasteiger partial charge is 0.472 e. The van der Waals surface area contributed by atoms with Gasteiger partial charge in [-0.05, 0) is 12.8 Å². The van der Waals surface area contributed by atoms with E-state index in [1.54, 1.807) is 0 Å². The Morgan fingerprint density at radius 1 is 0.424 bits per heavy atom. The van der Waals surface area contributed by atoms with Crippen molar-refractivity contribution < 1.29 is 47.8 Å². The first-order chi connectivity index (χ1) is 32.1. The third-order valence-electron chi connectivity index (χ3n) is 12.9. The lowest BCUT2D eigenvalue weighted by Gasteiger charge is -2.18. The van der Waals surface area contributed by atoms with Crippen LogP contribution in [0.3, 0.4) is 0 Å². The molecule has 11 nitrogen and oxygen atoms in total. The predicted molar refractivity (Wildman–Crippen MR) is 273 cm³/mol. The average Bonchev–Trinajstić information content (AvgIpc) is 3.29. The number of unbranched alkanes of at least 4 members (excludes halogenated alkanes) is 40. The highest BCUT2D eigenvalue weighted by Crippen LogP contribution is 2.43. The molecule has 0 aliphatic heterocycles. The van der Waals surface area contributed by atoms with E-state index in [0.29, 0.717) is 12.8 Å². The average molecular weight is 960 g/mol. The molecule has 0 spiro atoms. The van der Waals surface area contributed by atoms with Gasteiger partial charge in [0.05, 0.1) is 13.2 Å². The molecule has 0 heterocycles. The van der Waals surface area contributed by atoms with Gasteiger partial charge in [0.1, 0.15) is 12.7 Å².